The van der Waals surface area contributed by atoms with Crippen molar-refractivity contribution in [2.45, 2.75) is 45.3 Å². The quantitative estimate of drug-likeness (QED) is 0.848. The smallest absolute Gasteiger partial charge is 0.143 e. The first-order valence-corrected chi connectivity index (χ1v) is 6.06. The average molecular weight is 230 g/mol. The molecule has 0 saturated carbocycles. The van der Waals surface area contributed by atoms with Crippen LogP contribution >= 0.6 is 0 Å². The van der Waals surface area contributed by atoms with E-state index in [2.05, 4.69) is 37.4 Å². The molecule has 3 heteroatoms. The maximum atomic E-state index is 8.74. The van der Waals surface area contributed by atoms with Gasteiger partial charge in [-0.1, -0.05) is 19.9 Å². The second kappa shape index (κ2) is 4.67. The van der Waals surface area contributed by atoms with Crippen LogP contribution in [0.5, 0.6) is 5.75 Å². The summed E-state index contributed by atoms with van der Waals surface area (Å²) in [5, 5.41) is 12.2. The fourth-order valence-corrected chi connectivity index (χ4v) is 2.03. The maximum absolute atomic E-state index is 8.74. The summed E-state index contributed by atoms with van der Waals surface area (Å²) in [5.41, 5.74) is 2.34. The molecule has 2 atom stereocenters. The number of ether oxygens (including phenoxy) is 1. The first-order valence-electron chi connectivity index (χ1n) is 6.06. The van der Waals surface area contributed by atoms with Gasteiger partial charge in [0.1, 0.15) is 11.9 Å². The minimum Gasteiger partial charge on any atom is -0.485 e. The van der Waals surface area contributed by atoms with E-state index >= 15 is 0 Å². The Morgan fingerprint density at radius 3 is 2.88 bits per heavy atom. The molecule has 0 bridgehead atoms. The molecule has 1 aliphatic rings. The molecule has 0 saturated heterocycles. The van der Waals surface area contributed by atoms with Crippen LogP contribution in [0.4, 0.5) is 5.69 Å². The van der Waals surface area contributed by atoms with Crippen LogP contribution in [0.3, 0.4) is 0 Å². The van der Waals surface area contributed by atoms with Crippen LogP contribution in [0.15, 0.2) is 18.2 Å². The third-order valence-electron chi connectivity index (χ3n) is 3.18. The fourth-order valence-electron chi connectivity index (χ4n) is 2.03. The lowest BCUT2D eigenvalue weighted by Crippen LogP contribution is -2.39. The summed E-state index contributed by atoms with van der Waals surface area (Å²) in [7, 11) is 0. The zero-order valence-corrected chi connectivity index (χ0v) is 10.5. The number of nitriles is 1. The summed E-state index contributed by atoms with van der Waals surface area (Å²) in [6.07, 6.45) is 0.358. The lowest BCUT2D eigenvalue weighted by Gasteiger charge is -2.32. The molecular formula is C14H18N2O. The van der Waals surface area contributed by atoms with E-state index in [0.717, 1.165) is 11.4 Å². The molecule has 1 aromatic rings. The van der Waals surface area contributed by atoms with Gasteiger partial charge in [-0.05, 0) is 30.5 Å². The topological polar surface area (TPSA) is 45.0 Å². The van der Waals surface area contributed by atoms with Gasteiger partial charge in [0, 0.05) is 0 Å². The molecule has 0 amide bonds. The number of rotatable bonds is 2. The fraction of sp³-hybridized carbons (Fsp3) is 0.500. The molecule has 1 heterocycles. The SMILES string of the molecule is CC(C)c1ccc2c(c1)NC(C)C(CC#N)O2. The molecular weight excluding hydrogens is 212 g/mol. The first-order chi connectivity index (χ1) is 8.11. The molecule has 1 N–H and O–H groups in total. The van der Waals surface area contributed by atoms with E-state index in [-0.39, 0.29) is 12.1 Å². The zero-order valence-electron chi connectivity index (χ0n) is 10.5. The van der Waals surface area contributed by atoms with Crippen LogP contribution in [-0.4, -0.2) is 12.1 Å². The third kappa shape index (κ3) is 2.36. The monoisotopic (exact) mass is 230 g/mol. The minimum absolute atomic E-state index is 0.0580. The lowest BCUT2D eigenvalue weighted by molar-refractivity contribution is 0.179. The highest BCUT2D eigenvalue weighted by atomic mass is 16.5. The third-order valence-corrected chi connectivity index (χ3v) is 3.18. The molecule has 0 aliphatic carbocycles. The summed E-state index contributed by atoms with van der Waals surface area (Å²) in [6, 6.07) is 8.55. The zero-order chi connectivity index (χ0) is 12.4. The van der Waals surface area contributed by atoms with Gasteiger partial charge >= 0.3 is 0 Å². The van der Waals surface area contributed by atoms with Crippen molar-refractivity contribution in [3.05, 3.63) is 23.8 Å². The summed E-state index contributed by atoms with van der Waals surface area (Å²) < 4.78 is 5.83. The van der Waals surface area contributed by atoms with E-state index < -0.39 is 0 Å². The van der Waals surface area contributed by atoms with Gasteiger partial charge < -0.3 is 10.1 Å². The van der Waals surface area contributed by atoms with Gasteiger partial charge in [-0.15, -0.1) is 0 Å². The highest BCUT2D eigenvalue weighted by Gasteiger charge is 2.26. The van der Waals surface area contributed by atoms with Crippen LogP contribution in [0.1, 0.15) is 38.7 Å². The van der Waals surface area contributed by atoms with E-state index in [1.165, 1.54) is 5.56 Å². The molecule has 0 aromatic heterocycles. The van der Waals surface area contributed by atoms with Crippen LogP contribution < -0.4 is 10.1 Å². The summed E-state index contributed by atoms with van der Waals surface area (Å²) in [4.78, 5) is 0. The number of nitrogens with one attached hydrogen (secondary N) is 1. The highest BCUT2D eigenvalue weighted by Crippen LogP contribution is 2.34. The van der Waals surface area contributed by atoms with Crippen molar-refractivity contribution < 1.29 is 4.74 Å². The summed E-state index contributed by atoms with van der Waals surface area (Å²) in [5.74, 6) is 1.36. The van der Waals surface area contributed by atoms with Crippen molar-refractivity contribution in [2.75, 3.05) is 5.32 Å². The van der Waals surface area contributed by atoms with Crippen LogP contribution in [-0.2, 0) is 0 Å². The van der Waals surface area contributed by atoms with Crippen molar-refractivity contribution in [2.24, 2.45) is 0 Å². The van der Waals surface area contributed by atoms with E-state index in [4.69, 9.17) is 10.00 Å². The predicted octanol–water partition coefficient (Wildman–Crippen LogP) is 3.29. The molecule has 1 aliphatic heterocycles. The van der Waals surface area contributed by atoms with Crippen LogP contribution in [0.25, 0.3) is 0 Å². The van der Waals surface area contributed by atoms with Gasteiger partial charge in [-0.25, -0.2) is 0 Å². The van der Waals surface area contributed by atoms with Gasteiger partial charge in [0.15, 0.2) is 0 Å². The van der Waals surface area contributed by atoms with Crippen molar-refractivity contribution in [3.8, 4) is 11.8 Å². The molecule has 0 radical (unpaired) electrons. The van der Waals surface area contributed by atoms with E-state index in [1.54, 1.807) is 0 Å². The maximum Gasteiger partial charge on any atom is 0.143 e. The Kier molecular flexibility index (Phi) is 3.23. The van der Waals surface area contributed by atoms with Crippen molar-refractivity contribution in [1.29, 1.82) is 5.26 Å². The number of hydrogen-bond acceptors (Lipinski definition) is 3. The largest absolute Gasteiger partial charge is 0.485 e. The van der Waals surface area contributed by atoms with Crippen molar-refractivity contribution in [1.82, 2.24) is 0 Å². The van der Waals surface area contributed by atoms with Gasteiger partial charge in [0.2, 0.25) is 0 Å². The highest BCUT2D eigenvalue weighted by molar-refractivity contribution is 5.60. The molecule has 90 valence electrons. The number of anilines is 1. The predicted molar refractivity (Wildman–Crippen MR) is 68.3 cm³/mol. The minimum atomic E-state index is -0.0580. The first kappa shape index (κ1) is 11.8. The van der Waals surface area contributed by atoms with Gasteiger partial charge in [0.05, 0.1) is 24.2 Å². The normalized spacial score (nSPS) is 22.3. The second-order valence-electron chi connectivity index (χ2n) is 4.86. The molecule has 2 unspecified atom stereocenters. The Morgan fingerprint density at radius 2 is 2.24 bits per heavy atom. The molecule has 17 heavy (non-hydrogen) atoms. The van der Waals surface area contributed by atoms with Gasteiger partial charge in [0.25, 0.3) is 0 Å². The van der Waals surface area contributed by atoms with Crippen molar-refractivity contribution in [3.63, 3.8) is 0 Å². The van der Waals surface area contributed by atoms with Crippen LogP contribution in [0, 0.1) is 11.3 Å². The second-order valence-corrected chi connectivity index (χ2v) is 4.86. The molecule has 3 nitrogen and oxygen atoms in total. The van der Waals surface area contributed by atoms with Crippen LogP contribution in [0.2, 0.25) is 0 Å². The molecule has 0 spiro atoms. The summed E-state index contributed by atoms with van der Waals surface area (Å²) >= 11 is 0. The Hall–Kier alpha value is -1.69. The van der Waals surface area contributed by atoms with Gasteiger partial charge in [-0.2, -0.15) is 5.26 Å². The standard InChI is InChI=1S/C14H18N2O/c1-9(2)11-4-5-14-12(8-11)16-10(3)13(17-14)6-7-15/h4-5,8-10,13,16H,6H2,1-3H3. The van der Waals surface area contributed by atoms with E-state index in [0.29, 0.717) is 12.3 Å². The molecule has 1 aromatic carbocycles. The molecule has 0 fully saturated rings. The Bertz CT molecular complexity index is 448. The van der Waals surface area contributed by atoms with Gasteiger partial charge in [-0.3, -0.25) is 0 Å². The number of hydrogen-bond donors (Lipinski definition) is 1. The number of benzene rings is 1. The van der Waals surface area contributed by atoms with E-state index in [9.17, 15) is 0 Å². The lowest BCUT2D eigenvalue weighted by atomic mass is 10.0. The summed E-state index contributed by atoms with van der Waals surface area (Å²) in [6.45, 7) is 6.40. The average Bonchev–Trinajstić information content (AvgIpc) is 2.29. The van der Waals surface area contributed by atoms with E-state index in [1.807, 2.05) is 13.0 Å². The number of fused-ring (bicyclic) bond motifs is 1. The Morgan fingerprint density at radius 1 is 1.47 bits per heavy atom. The van der Waals surface area contributed by atoms with Crippen molar-refractivity contribution >= 4 is 5.69 Å². The Balaban J connectivity index is 2.26. The Labute approximate surface area is 102 Å². The number of nitrogens with zero attached hydrogens (tertiary/aromatic N) is 1. The molecule has 2 rings (SSSR count).